The van der Waals surface area contributed by atoms with Crippen LogP contribution in [0.25, 0.3) is 19.2 Å². The van der Waals surface area contributed by atoms with E-state index in [0.717, 1.165) is 62.3 Å². The second-order valence-corrected chi connectivity index (χ2v) is 14.1. The van der Waals surface area contributed by atoms with E-state index < -0.39 is 29.1 Å². The van der Waals surface area contributed by atoms with Crippen molar-refractivity contribution in [1.29, 1.82) is 0 Å². The van der Waals surface area contributed by atoms with Gasteiger partial charge in [0, 0.05) is 32.3 Å². The highest BCUT2D eigenvalue weighted by atomic mass is 127. The van der Waals surface area contributed by atoms with Crippen molar-refractivity contribution in [2.24, 2.45) is 0 Å². The van der Waals surface area contributed by atoms with Gasteiger partial charge in [0.15, 0.2) is 5.60 Å². The van der Waals surface area contributed by atoms with Gasteiger partial charge in [0.05, 0.1) is 28.5 Å². The lowest BCUT2D eigenvalue weighted by atomic mass is 9.78. The van der Waals surface area contributed by atoms with Crippen molar-refractivity contribution in [2.75, 3.05) is 0 Å². The molecule has 6 rings (SSSR count). The fourth-order valence-electron chi connectivity index (χ4n) is 4.79. The Morgan fingerprint density at radius 2 is 1.24 bits per heavy atom. The van der Waals surface area contributed by atoms with Crippen LogP contribution in [0.15, 0.2) is 54.6 Å². The molecule has 0 saturated carbocycles. The predicted molar refractivity (Wildman–Crippen MR) is 149 cm³/mol. The molecule has 1 nitrogen and oxygen atoms in total. The molecule has 3 aromatic heterocycles. The SMILES string of the molecule is Cc1sc2c3c(sc2c1C)-c1sc(I)cc1OC3(c1ccc(C(F)(F)F)cc1)c1ccc(C(F)(F)F)cc1. The Morgan fingerprint density at radius 1 is 0.711 bits per heavy atom. The van der Waals surface area contributed by atoms with E-state index in [4.69, 9.17) is 4.74 Å². The number of rotatable bonds is 2. The van der Waals surface area contributed by atoms with Crippen molar-refractivity contribution >= 4 is 66.0 Å². The molecule has 2 aromatic carbocycles. The maximum atomic E-state index is 13.4. The van der Waals surface area contributed by atoms with Gasteiger partial charge in [-0.1, -0.05) is 24.3 Å². The van der Waals surface area contributed by atoms with Crippen LogP contribution in [0.1, 0.15) is 38.3 Å². The topological polar surface area (TPSA) is 9.23 Å². The molecular formula is C27H15F6IOS3. The quantitative estimate of drug-likeness (QED) is 0.132. The Kier molecular flexibility index (Phi) is 5.99. The van der Waals surface area contributed by atoms with Crippen LogP contribution >= 0.6 is 56.6 Å². The number of thiophene rings is 3. The minimum Gasteiger partial charge on any atom is -0.471 e. The van der Waals surface area contributed by atoms with Crippen molar-refractivity contribution in [3.63, 3.8) is 0 Å². The Bertz CT molecular complexity index is 1630. The van der Waals surface area contributed by atoms with E-state index in [1.807, 2.05) is 19.9 Å². The van der Waals surface area contributed by atoms with Crippen LogP contribution in [0, 0.1) is 16.7 Å². The van der Waals surface area contributed by atoms with Crippen LogP contribution in [0.2, 0.25) is 0 Å². The highest BCUT2D eigenvalue weighted by Gasteiger charge is 2.49. The third-order valence-electron chi connectivity index (χ3n) is 6.72. The molecule has 0 spiro atoms. The number of fused-ring (bicyclic) bond motifs is 5. The summed E-state index contributed by atoms with van der Waals surface area (Å²) in [5.41, 5.74) is -0.422. The van der Waals surface area contributed by atoms with Crippen LogP contribution in [0.3, 0.4) is 0 Å². The van der Waals surface area contributed by atoms with E-state index in [1.165, 1.54) is 24.3 Å². The summed E-state index contributed by atoms with van der Waals surface area (Å²) < 4.78 is 90.4. The molecule has 0 N–H and O–H groups in total. The van der Waals surface area contributed by atoms with E-state index in [9.17, 15) is 26.3 Å². The summed E-state index contributed by atoms with van der Waals surface area (Å²) in [7, 11) is 0. The molecule has 0 fully saturated rings. The molecule has 0 aliphatic carbocycles. The first-order valence-corrected chi connectivity index (χ1v) is 14.7. The molecule has 0 saturated heterocycles. The first-order valence-electron chi connectivity index (χ1n) is 11.2. The van der Waals surface area contributed by atoms with Gasteiger partial charge in [-0.2, -0.15) is 26.3 Å². The summed E-state index contributed by atoms with van der Waals surface area (Å²) in [6.45, 7) is 4.02. The van der Waals surface area contributed by atoms with E-state index in [-0.39, 0.29) is 0 Å². The minimum atomic E-state index is -4.53. The first-order chi connectivity index (χ1) is 17.8. The maximum absolute atomic E-state index is 13.4. The maximum Gasteiger partial charge on any atom is 0.416 e. The molecule has 38 heavy (non-hydrogen) atoms. The van der Waals surface area contributed by atoms with Crippen molar-refractivity contribution in [2.45, 2.75) is 31.8 Å². The molecule has 11 heteroatoms. The van der Waals surface area contributed by atoms with Gasteiger partial charge in [-0.05, 0) is 66.3 Å². The summed E-state index contributed by atoms with van der Waals surface area (Å²) in [4.78, 5) is 2.92. The first kappa shape index (κ1) is 26.1. The van der Waals surface area contributed by atoms with Crippen molar-refractivity contribution in [3.05, 3.63) is 95.7 Å². The molecule has 4 heterocycles. The van der Waals surface area contributed by atoms with Crippen LogP contribution in [0.4, 0.5) is 26.3 Å². The molecule has 0 bridgehead atoms. The summed E-state index contributed by atoms with van der Waals surface area (Å²) in [5, 5.41) is 0. The average molecular weight is 693 g/mol. The van der Waals surface area contributed by atoms with Crippen LogP contribution < -0.4 is 4.74 Å². The number of ether oxygens (including phenoxy) is 1. The predicted octanol–water partition coefficient (Wildman–Crippen LogP) is 10.6. The van der Waals surface area contributed by atoms with Gasteiger partial charge in [-0.25, -0.2) is 0 Å². The van der Waals surface area contributed by atoms with E-state index in [1.54, 1.807) is 34.0 Å². The Labute approximate surface area is 238 Å². The van der Waals surface area contributed by atoms with E-state index >= 15 is 0 Å². The normalized spacial score (nSPS) is 14.9. The molecule has 1 aliphatic heterocycles. The van der Waals surface area contributed by atoms with Crippen LogP contribution in [-0.2, 0) is 18.0 Å². The average Bonchev–Trinajstić information content (AvgIpc) is 3.49. The molecule has 196 valence electrons. The standard InChI is InChI=1S/C27H15F6IOS3/c1-12-13(2)36-23-20-24(38-21(12)23)22-18(11-19(34)37-22)35-25(20,14-3-7-16(8-4-14)26(28,29)30)15-5-9-17(10-6-15)27(31,32)33/h3-11H,1-2H3. The Hall–Kier alpha value is -2.09. The van der Waals surface area contributed by atoms with Crippen molar-refractivity contribution in [1.82, 2.24) is 0 Å². The summed E-state index contributed by atoms with van der Waals surface area (Å²) in [6, 6.07) is 11.3. The fourth-order valence-corrected chi connectivity index (χ4v) is 9.52. The molecule has 5 aromatic rings. The van der Waals surface area contributed by atoms with E-state index in [0.29, 0.717) is 16.9 Å². The van der Waals surface area contributed by atoms with Gasteiger partial charge in [0.1, 0.15) is 5.75 Å². The molecule has 1 aliphatic rings. The largest absolute Gasteiger partial charge is 0.471 e. The number of alkyl halides is 6. The lowest BCUT2D eigenvalue weighted by molar-refractivity contribution is -0.138. The highest BCUT2D eigenvalue weighted by Crippen LogP contribution is 2.61. The molecule has 0 atom stereocenters. The second kappa shape index (κ2) is 8.70. The van der Waals surface area contributed by atoms with Crippen molar-refractivity contribution < 1.29 is 31.1 Å². The summed E-state index contributed by atoms with van der Waals surface area (Å²) in [5.74, 6) is 0.551. The minimum absolute atomic E-state index is 0.404. The second-order valence-electron chi connectivity index (χ2n) is 8.93. The van der Waals surface area contributed by atoms with Gasteiger partial charge in [0.2, 0.25) is 0 Å². The Morgan fingerprint density at radius 3 is 1.74 bits per heavy atom. The number of hydrogen-bond donors (Lipinski definition) is 0. The highest BCUT2D eigenvalue weighted by molar-refractivity contribution is 14.1. The number of aryl methyl sites for hydroxylation is 2. The third kappa shape index (κ3) is 3.91. The summed E-state index contributed by atoms with van der Waals surface area (Å²) >= 11 is 6.88. The van der Waals surface area contributed by atoms with E-state index in [2.05, 4.69) is 22.6 Å². The number of hydrogen-bond acceptors (Lipinski definition) is 4. The fraction of sp³-hybridized carbons (Fsp3) is 0.185. The van der Waals surface area contributed by atoms with Gasteiger partial charge in [-0.3, -0.25) is 0 Å². The summed E-state index contributed by atoms with van der Waals surface area (Å²) in [6.07, 6.45) is -9.07. The van der Waals surface area contributed by atoms with Gasteiger partial charge >= 0.3 is 12.4 Å². The third-order valence-corrected chi connectivity index (χ3v) is 11.4. The zero-order valence-corrected chi connectivity index (χ0v) is 24.1. The lowest BCUT2D eigenvalue weighted by Crippen LogP contribution is -2.38. The number of halogens is 7. The van der Waals surface area contributed by atoms with Crippen molar-refractivity contribution in [3.8, 4) is 15.5 Å². The Balaban J connectivity index is 1.71. The zero-order valence-electron chi connectivity index (χ0n) is 19.5. The molecule has 0 unspecified atom stereocenters. The number of benzene rings is 2. The smallest absolute Gasteiger partial charge is 0.416 e. The molecule has 0 radical (unpaired) electrons. The monoisotopic (exact) mass is 692 g/mol. The molecular weight excluding hydrogens is 677 g/mol. The molecule has 0 amide bonds. The van der Waals surface area contributed by atoms with Gasteiger partial charge in [-0.15, -0.1) is 34.0 Å². The van der Waals surface area contributed by atoms with Crippen LogP contribution in [0.5, 0.6) is 5.75 Å². The van der Waals surface area contributed by atoms with Gasteiger partial charge < -0.3 is 4.74 Å². The van der Waals surface area contributed by atoms with Crippen LogP contribution in [-0.4, -0.2) is 0 Å². The zero-order chi connectivity index (χ0) is 27.2. The van der Waals surface area contributed by atoms with Gasteiger partial charge in [0.25, 0.3) is 0 Å². The lowest BCUT2D eigenvalue weighted by Gasteiger charge is -2.39.